The molecule has 1 saturated heterocycles. The van der Waals surface area contributed by atoms with E-state index in [4.69, 9.17) is 4.74 Å². The zero-order chi connectivity index (χ0) is 27.6. The zero-order valence-corrected chi connectivity index (χ0v) is 20.6. The third-order valence-corrected chi connectivity index (χ3v) is 7.30. The number of rotatable bonds is 8. The predicted octanol–water partition coefficient (Wildman–Crippen LogP) is 5.45. The van der Waals surface area contributed by atoms with Crippen LogP contribution < -0.4 is 5.32 Å². The van der Waals surface area contributed by atoms with Crippen molar-refractivity contribution in [2.24, 2.45) is 0 Å². The summed E-state index contributed by atoms with van der Waals surface area (Å²) < 4.78 is 88.0. The van der Waals surface area contributed by atoms with Crippen LogP contribution in [0.5, 0.6) is 0 Å². The number of hydrogen-bond donors (Lipinski definition) is 2. The summed E-state index contributed by atoms with van der Waals surface area (Å²) in [5.41, 5.74) is -3.39. The maximum Gasteiger partial charge on any atom is 0.416 e. The van der Waals surface area contributed by atoms with Crippen LogP contribution in [0.2, 0.25) is 0 Å². The van der Waals surface area contributed by atoms with Gasteiger partial charge in [0.1, 0.15) is 12.7 Å². The molecule has 3 aromatic rings. The van der Waals surface area contributed by atoms with E-state index < -0.39 is 40.7 Å². The summed E-state index contributed by atoms with van der Waals surface area (Å²) in [7, 11) is 0. The highest BCUT2D eigenvalue weighted by atomic mass is 19.4. The molecule has 0 aliphatic carbocycles. The first kappa shape index (κ1) is 28.1. The Hall–Kier alpha value is -2.96. The number of nitrogens with zero attached hydrogens (tertiary/aromatic N) is 3. The molecule has 206 valence electrons. The van der Waals surface area contributed by atoms with E-state index in [9.17, 15) is 31.4 Å². The van der Waals surface area contributed by atoms with Crippen molar-refractivity contribution >= 4 is 0 Å². The molecular weight excluding hydrogens is 514 g/mol. The lowest BCUT2D eigenvalue weighted by atomic mass is 9.75. The van der Waals surface area contributed by atoms with Gasteiger partial charge in [0.2, 0.25) is 0 Å². The minimum absolute atomic E-state index is 0.00679. The largest absolute Gasteiger partial charge is 0.416 e. The summed E-state index contributed by atoms with van der Waals surface area (Å²) >= 11 is 0. The van der Waals surface area contributed by atoms with Crippen LogP contribution in [0.3, 0.4) is 0 Å². The highest BCUT2D eigenvalue weighted by molar-refractivity contribution is 5.35. The van der Waals surface area contributed by atoms with Crippen LogP contribution in [0.4, 0.5) is 26.3 Å². The summed E-state index contributed by atoms with van der Waals surface area (Å²) in [6.45, 7) is 1.76. The van der Waals surface area contributed by atoms with Gasteiger partial charge in [-0.05, 0) is 55.5 Å². The quantitative estimate of drug-likeness (QED) is 0.371. The number of alkyl halides is 6. The number of halogens is 6. The monoisotopic (exact) mass is 542 g/mol. The summed E-state index contributed by atoms with van der Waals surface area (Å²) in [6.07, 6.45) is -6.23. The Morgan fingerprint density at radius 2 is 1.58 bits per heavy atom. The fraction of sp³-hybridized carbons (Fsp3) is 0.462. The van der Waals surface area contributed by atoms with Gasteiger partial charge in [0.15, 0.2) is 0 Å². The van der Waals surface area contributed by atoms with Crippen molar-refractivity contribution in [2.75, 3.05) is 19.8 Å². The molecule has 12 heteroatoms. The molecule has 1 fully saturated rings. The molecule has 6 nitrogen and oxygen atoms in total. The first-order chi connectivity index (χ1) is 17.9. The van der Waals surface area contributed by atoms with Gasteiger partial charge >= 0.3 is 12.4 Å². The van der Waals surface area contributed by atoms with Gasteiger partial charge in [0, 0.05) is 13.2 Å². The highest BCUT2D eigenvalue weighted by Gasteiger charge is 2.45. The van der Waals surface area contributed by atoms with E-state index in [2.05, 4.69) is 15.5 Å². The van der Waals surface area contributed by atoms with Crippen molar-refractivity contribution in [3.63, 3.8) is 0 Å². The molecule has 0 amide bonds. The minimum Gasteiger partial charge on any atom is -0.396 e. The van der Waals surface area contributed by atoms with Crippen molar-refractivity contribution in [3.8, 4) is 0 Å². The van der Waals surface area contributed by atoms with Crippen LogP contribution in [0.15, 0.2) is 61.2 Å². The average Bonchev–Trinajstić information content (AvgIpc) is 3.44. The Morgan fingerprint density at radius 3 is 2.08 bits per heavy atom. The van der Waals surface area contributed by atoms with Crippen LogP contribution >= 0.6 is 0 Å². The molecule has 0 unspecified atom stereocenters. The fourth-order valence-electron chi connectivity index (χ4n) is 4.96. The maximum atomic E-state index is 13.4. The van der Waals surface area contributed by atoms with Gasteiger partial charge in [-0.2, -0.15) is 26.3 Å². The van der Waals surface area contributed by atoms with Crippen LogP contribution in [0, 0.1) is 0 Å². The zero-order valence-electron chi connectivity index (χ0n) is 20.6. The number of benzene rings is 2. The molecular formula is C26H28F6N4O2. The van der Waals surface area contributed by atoms with Gasteiger partial charge in [-0.3, -0.25) is 0 Å². The maximum absolute atomic E-state index is 13.4. The van der Waals surface area contributed by atoms with E-state index in [1.807, 2.05) is 34.9 Å². The van der Waals surface area contributed by atoms with Crippen LogP contribution in [0.25, 0.3) is 0 Å². The normalized spacial score (nSPS) is 23.4. The molecule has 4 rings (SSSR count). The first-order valence-corrected chi connectivity index (χ1v) is 12.1. The van der Waals surface area contributed by atoms with E-state index in [0.717, 1.165) is 5.56 Å². The number of piperidine rings is 1. The Balaban J connectivity index is 1.61. The lowest BCUT2D eigenvalue weighted by molar-refractivity contribution is -0.143. The first-order valence-electron chi connectivity index (χ1n) is 12.1. The van der Waals surface area contributed by atoms with E-state index in [0.29, 0.717) is 37.9 Å². The van der Waals surface area contributed by atoms with Gasteiger partial charge in [-0.25, -0.2) is 0 Å². The molecule has 3 atom stereocenters. The topological polar surface area (TPSA) is 72.2 Å². The fourth-order valence-corrected chi connectivity index (χ4v) is 4.96. The second kappa shape index (κ2) is 10.7. The molecule has 1 aromatic heterocycles. The smallest absolute Gasteiger partial charge is 0.396 e. The van der Waals surface area contributed by atoms with E-state index in [1.165, 1.54) is 6.92 Å². The average molecular weight is 543 g/mol. The second-order valence-electron chi connectivity index (χ2n) is 9.66. The molecule has 1 aliphatic rings. The van der Waals surface area contributed by atoms with Gasteiger partial charge in [-0.1, -0.05) is 30.3 Å². The van der Waals surface area contributed by atoms with Crippen molar-refractivity contribution < 1.29 is 36.2 Å². The number of hydrogen-bond acceptors (Lipinski definition) is 5. The lowest BCUT2D eigenvalue weighted by Crippen LogP contribution is -2.59. The molecule has 0 radical (unpaired) electrons. The van der Waals surface area contributed by atoms with E-state index in [-0.39, 0.29) is 24.8 Å². The Bertz CT molecular complexity index is 1160. The number of nitrogens with one attached hydrogen (secondary N) is 1. The second-order valence-corrected chi connectivity index (χ2v) is 9.66. The molecule has 2 N–H and O–H groups in total. The molecule has 0 saturated carbocycles. The molecule has 2 aromatic carbocycles. The predicted molar refractivity (Wildman–Crippen MR) is 126 cm³/mol. The standard InChI is InChI=1S/C26H28F6N4O2/c1-18(19-11-21(25(27,28)29)13-22(12-19)26(30,31)32)38-15-24(20-5-3-2-4-6-20)8-7-23(9-10-37,14-33-24)36-16-34-35-17-36/h2-6,11-13,16-18,33,37H,7-10,14-15H2,1H3/t18-,23+,24-/m1/s1. The molecule has 0 bridgehead atoms. The lowest BCUT2D eigenvalue weighted by Gasteiger charge is -2.48. The van der Waals surface area contributed by atoms with E-state index >= 15 is 0 Å². The Kier molecular flexibility index (Phi) is 7.87. The van der Waals surface area contributed by atoms with Crippen molar-refractivity contribution in [2.45, 2.75) is 55.7 Å². The summed E-state index contributed by atoms with van der Waals surface area (Å²) in [6, 6.07) is 10.8. The van der Waals surface area contributed by atoms with E-state index in [1.54, 1.807) is 12.7 Å². The number of aliphatic hydroxyl groups excluding tert-OH is 1. The number of ether oxygens (including phenoxy) is 1. The van der Waals surface area contributed by atoms with Crippen LogP contribution in [-0.4, -0.2) is 39.6 Å². The SMILES string of the molecule is C[C@@H](OC[C@@]1(c2ccccc2)CC[C@@](CCO)(n2cnnc2)CN1)c1cc(C(F)(F)F)cc(C(F)(F)F)c1. The molecule has 2 heterocycles. The summed E-state index contributed by atoms with van der Waals surface area (Å²) in [4.78, 5) is 0. The minimum atomic E-state index is -4.94. The molecule has 38 heavy (non-hydrogen) atoms. The summed E-state index contributed by atoms with van der Waals surface area (Å²) in [5, 5.41) is 21.0. The Morgan fingerprint density at radius 1 is 0.974 bits per heavy atom. The van der Waals surface area contributed by atoms with Crippen molar-refractivity contribution in [3.05, 3.63) is 83.4 Å². The third kappa shape index (κ3) is 5.87. The van der Waals surface area contributed by atoms with Gasteiger partial charge in [-0.15, -0.1) is 10.2 Å². The molecule has 0 spiro atoms. The Labute approximate surface area is 215 Å². The van der Waals surface area contributed by atoms with Crippen LogP contribution in [0.1, 0.15) is 54.5 Å². The third-order valence-electron chi connectivity index (χ3n) is 7.30. The van der Waals surface area contributed by atoms with Gasteiger partial charge in [0.05, 0.1) is 34.9 Å². The van der Waals surface area contributed by atoms with Crippen molar-refractivity contribution in [1.29, 1.82) is 0 Å². The number of aliphatic hydroxyl groups is 1. The van der Waals surface area contributed by atoms with Gasteiger partial charge in [0.25, 0.3) is 0 Å². The van der Waals surface area contributed by atoms with Crippen molar-refractivity contribution in [1.82, 2.24) is 20.1 Å². The summed E-state index contributed by atoms with van der Waals surface area (Å²) in [5.74, 6) is 0. The van der Waals surface area contributed by atoms with Gasteiger partial charge < -0.3 is 19.7 Å². The highest BCUT2D eigenvalue weighted by Crippen LogP contribution is 2.41. The molecule has 1 aliphatic heterocycles. The number of aromatic nitrogens is 3. The van der Waals surface area contributed by atoms with Crippen LogP contribution in [-0.2, 0) is 28.2 Å².